The number of anilines is 1. The highest BCUT2D eigenvalue weighted by Gasteiger charge is 2.17. The average molecular weight is 271 g/mol. The molecule has 0 unspecified atom stereocenters. The van der Waals surface area contributed by atoms with Crippen molar-refractivity contribution in [2.75, 3.05) is 11.9 Å². The molecular weight excluding hydrogens is 252 g/mol. The number of aromatic nitrogens is 3. The maximum atomic E-state index is 5.86. The van der Waals surface area contributed by atoms with Crippen LogP contribution in [0.5, 0.6) is 6.01 Å². The van der Waals surface area contributed by atoms with Gasteiger partial charge in [-0.05, 0) is 43.7 Å². The lowest BCUT2D eigenvalue weighted by Gasteiger charge is -2.21. The van der Waals surface area contributed by atoms with E-state index in [1.54, 1.807) is 0 Å². The van der Waals surface area contributed by atoms with Crippen LogP contribution < -0.4 is 10.1 Å². The third kappa shape index (κ3) is 3.98. The number of hydrogen-bond acceptors (Lipinski definition) is 5. The molecule has 1 heterocycles. The monoisotopic (exact) mass is 270 g/mol. The summed E-state index contributed by atoms with van der Waals surface area (Å²) in [6, 6.07) is 0.334. The summed E-state index contributed by atoms with van der Waals surface area (Å²) < 4.78 is 5.77. The molecule has 1 aromatic rings. The second-order valence-corrected chi connectivity index (χ2v) is 4.85. The van der Waals surface area contributed by atoms with Crippen molar-refractivity contribution >= 4 is 17.5 Å². The molecule has 1 fully saturated rings. The Hall–Kier alpha value is -1.10. The lowest BCUT2D eigenvalue weighted by molar-refractivity contribution is 0.141. The molecular formula is C12H19ClN4O. The molecule has 0 aliphatic heterocycles. The lowest BCUT2D eigenvalue weighted by atomic mass is 9.98. The second kappa shape index (κ2) is 6.73. The van der Waals surface area contributed by atoms with Gasteiger partial charge in [0.25, 0.3) is 0 Å². The smallest absolute Gasteiger partial charge is 0.322 e. The van der Waals surface area contributed by atoms with Crippen LogP contribution in [-0.4, -0.2) is 27.6 Å². The zero-order valence-electron chi connectivity index (χ0n) is 10.7. The first kappa shape index (κ1) is 13.3. The van der Waals surface area contributed by atoms with Crippen LogP contribution in [-0.2, 0) is 0 Å². The molecule has 1 aromatic heterocycles. The van der Waals surface area contributed by atoms with Gasteiger partial charge in [-0.25, -0.2) is 0 Å². The Morgan fingerprint density at radius 1 is 1.22 bits per heavy atom. The molecule has 6 heteroatoms. The molecule has 0 amide bonds. The number of hydrogen-bond donors (Lipinski definition) is 1. The van der Waals surface area contributed by atoms with Gasteiger partial charge in [-0.1, -0.05) is 13.3 Å². The van der Waals surface area contributed by atoms with Crippen molar-refractivity contribution in [1.29, 1.82) is 0 Å². The van der Waals surface area contributed by atoms with Crippen LogP contribution >= 0.6 is 11.6 Å². The zero-order valence-corrected chi connectivity index (χ0v) is 11.4. The van der Waals surface area contributed by atoms with Crippen molar-refractivity contribution < 1.29 is 4.74 Å². The maximum Gasteiger partial charge on any atom is 0.322 e. The highest BCUT2D eigenvalue weighted by atomic mass is 35.5. The number of nitrogens with zero attached hydrogens (tertiary/aromatic N) is 3. The summed E-state index contributed by atoms with van der Waals surface area (Å²) in [5.41, 5.74) is 0. The van der Waals surface area contributed by atoms with Crippen molar-refractivity contribution in [2.24, 2.45) is 0 Å². The van der Waals surface area contributed by atoms with Crippen LogP contribution in [0.25, 0.3) is 0 Å². The zero-order chi connectivity index (χ0) is 12.8. The van der Waals surface area contributed by atoms with E-state index in [-0.39, 0.29) is 11.4 Å². The molecule has 1 saturated carbocycles. The predicted octanol–water partition coefficient (Wildman–Crippen LogP) is 3.06. The van der Waals surface area contributed by atoms with Gasteiger partial charge in [0.1, 0.15) is 6.10 Å². The van der Waals surface area contributed by atoms with Crippen LogP contribution in [0.15, 0.2) is 0 Å². The molecule has 1 N–H and O–H groups in total. The SMILES string of the molecule is CCCNc1nc(Cl)nc(OC2CCCCC2)n1. The topological polar surface area (TPSA) is 59.9 Å². The van der Waals surface area contributed by atoms with E-state index in [2.05, 4.69) is 27.2 Å². The third-order valence-electron chi connectivity index (χ3n) is 2.94. The quantitative estimate of drug-likeness (QED) is 0.891. The summed E-state index contributed by atoms with van der Waals surface area (Å²) in [6.45, 7) is 2.89. The lowest BCUT2D eigenvalue weighted by Crippen LogP contribution is -2.21. The minimum atomic E-state index is 0.175. The van der Waals surface area contributed by atoms with E-state index in [4.69, 9.17) is 16.3 Å². The van der Waals surface area contributed by atoms with Crippen LogP contribution in [0.4, 0.5) is 5.95 Å². The Morgan fingerprint density at radius 2 is 2.00 bits per heavy atom. The van der Waals surface area contributed by atoms with E-state index in [0.717, 1.165) is 25.8 Å². The molecule has 0 aromatic carbocycles. The van der Waals surface area contributed by atoms with Gasteiger partial charge in [0.15, 0.2) is 0 Å². The molecule has 2 rings (SSSR count). The average Bonchev–Trinajstić information content (AvgIpc) is 2.37. The highest BCUT2D eigenvalue weighted by Crippen LogP contribution is 2.22. The fourth-order valence-corrected chi connectivity index (χ4v) is 2.18. The molecule has 0 atom stereocenters. The van der Waals surface area contributed by atoms with E-state index in [1.807, 2.05) is 0 Å². The predicted molar refractivity (Wildman–Crippen MR) is 71.1 cm³/mol. The van der Waals surface area contributed by atoms with Crippen LogP contribution in [0.3, 0.4) is 0 Å². The van der Waals surface area contributed by atoms with Crippen LogP contribution in [0, 0.1) is 0 Å². The normalized spacial score (nSPS) is 16.6. The number of halogens is 1. The Kier molecular flexibility index (Phi) is 4.99. The fourth-order valence-electron chi connectivity index (χ4n) is 2.03. The molecule has 0 bridgehead atoms. The van der Waals surface area contributed by atoms with Crippen LogP contribution in [0.2, 0.25) is 5.28 Å². The maximum absolute atomic E-state index is 5.86. The summed E-state index contributed by atoms with van der Waals surface area (Å²) in [7, 11) is 0. The van der Waals surface area contributed by atoms with Gasteiger partial charge in [0.05, 0.1) is 0 Å². The van der Waals surface area contributed by atoms with E-state index < -0.39 is 0 Å². The molecule has 1 aliphatic rings. The fraction of sp³-hybridized carbons (Fsp3) is 0.750. The number of ether oxygens (including phenoxy) is 1. The third-order valence-corrected chi connectivity index (χ3v) is 3.11. The number of nitrogens with one attached hydrogen (secondary N) is 1. The van der Waals surface area contributed by atoms with Crippen molar-refractivity contribution in [3.8, 4) is 6.01 Å². The van der Waals surface area contributed by atoms with Crippen molar-refractivity contribution in [1.82, 2.24) is 15.0 Å². The largest absolute Gasteiger partial charge is 0.460 e. The molecule has 100 valence electrons. The van der Waals surface area contributed by atoms with E-state index in [9.17, 15) is 0 Å². The molecule has 0 saturated heterocycles. The van der Waals surface area contributed by atoms with Gasteiger partial charge in [-0.3, -0.25) is 0 Å². The Labute approximate surface area is 112 Å². The van der Waals surface area contributed by atoms with Crippen LogP contribution in [0.1, 0.15) is 45.4 Å². The Morgan fingerprint density at radius 3 is 2.72 bits per heavy atom. The molecule has 0 radical (unpaired) electrons. The summed E-state index contributed by atoms with van der Waals surface area (Å²) in [4.78, 5) is 12.3. The minimum Gasteiger partial charge on any atom is -0.460 e. The first-order valence-electron chi connectivity index (χ1n) is 6.60. The summed E-state index contributed by atoms with van der Waals surface area (Å²) in [5, 5.41) is 3.26. The van der Waals surface area contributed by atoms with E-state index >= 15 is 0 Å². The molecule has 0 spiro atoms. The van der Waals surface area contributed by atoms with Gasteiger partial charge in [-0.2, -0.15) is 15.0 Å². The first-order valence-corrected chi connectivity index (χ1v) is 6.98. The first-order chi connectivity index (χ1) is 8.78. The van der Waals surface area contributed by atoms with E-state index in [1.165, 1.54) is 19.3 Å². The van der Waals surface area contributed by atoms with Gasteiger partial charge < -0.3 is 10.1 Å². The van der Waals surface area contributed by atoms with Gasteiger partial charge in [-0.15, -0.1) is 0 Å². The van der Waals surface area contributed by atoms with Gasteiger partial charge >= 0.3 is 6.01 Å². The Balaban J connectivity index is 1.99. The van der Waals surface area contributed by atoms with Crippen molar-refractivity contribution in [3.63, 3.8) is 0 Å². The van der Waals surface area contributed by atoms with E-state index in [0.29, 0.717) is 12.0 Å². The molecule has 18 heavy (non-hydrogen) atoms. The molecule has 5 nitrogen and oxygen atoms in total. The summed E-state index contributed by atoms with van der Waals surface area (Å²) >= 11 is 5.86. The second-order valence-electron chi connectivity index (χ2n) is 4.52. The minimum absolute atomic E-state index is 0.175. The Bertz CT molecular complexity index is 382. The highest BCUT2D eigenvalue weighted by molar-refractivity contribution is 6.28. The summed E-state index contributed by atoms with van der Waals surface area (Å²) in [6.07, 6.45) is 7.08. The summed E-state index contributed by atoms with van der Waals surface area (Å²) in [5.74, 6) is 0.489. The standard InChI is InChI=1S/C12H19ClN4O/c1-2-8-14-11-15-10(13)16-12(17-11)18-9-6-4-3-5-7-9/h9H,2-8H2,1H3,(H,14,15,16,17). The van der Waals surface area contributed by atoms with Crippen molar-refractivity contribution in [3.05, 3.63) is 5.28 Å². The van der Waals surface area contributed by atoms with Crippen molar-refractivity contribution in [2.45, 2.75) is 51.6 Å². The number of rotatable bonds is 5. The molecule has 1 aliphatic carbocycles. The van der Waals surface area contributed by atoms with Gasteiger partial charge in [0, 0.05) is 6.54 Å². The van der Waals surface area contributed by atoms with Gasteiger partial charge in [0.2, 0.25) is 11.2 Å².